The summed E-state index contributed by atoms with van der Waals surface area (Å²) >= 11 is 1.51. The number of nitrogens with zero attached hydrogens (tertiary/aromatic N) is 2. The van der Waals surface area contributed by atoms with E-state index in [0.717, 1.165) is 16.4 Å². The molecule has 2 heterocycles. The quantitative estimate of drug-likeness (QED) is 0.929. The van der Waals surface area contributed by atoms with E-state index in [0.29, 0.717) is 23.6 Å². The minimum absolute atomic E-state index is 0.170. The van der Waals surface area contributed by atoms with Crippen LogP contribution in [0, 0.1) is 0 Å². The number of amides is 1. The number of aromatic nitrogens is 2. The Kier molecular flexibility index (Phi) is 3.51. The van der Waals surface area contributed by atoms with Crippen molar-refractivity contribution in [3.8, 4) is 11.5 Å². The Morgan fingerprint density at radius 2 is 2.10 bits per heavy atom. The molecule has 1 amide bonds. The van der Waals surface area contributed by atoms with Crippen molar-refractivity contribution in [3.05, 3.63) is 33.8 Å². The van der Waals surface area contributed by atoms with Crippen LogP contribution in [0.25, 0.3) is 0 Å². The standard InChI is InChI=1S/C13H13N3O3S/c1-2-11-15-16-12(20-11)6-14-13(17)8-3-4-9-10(5-8)19-7-18-9/h3-5H,2,6-7H2,1H3,(H,14,17). The van der Waals surface area contributed by atoms with E-state index >= 15 is 0 Å². The topological polar surface area (TPSA) is 73.3 Å². The summed E-state index contributed by atoms with van der Waals surface area (Å²) in [5, 5.41) is 12.6. The minimum atomic E-state index is -0.170. The average molecular weight is 291 g/mol. The molecule has 0 spiro atoms. The van der Waals surface area contributed by atoms with E-state index in [4.69, 9.17) is 9.47 Å². The van der Waals surface area contributed by atoms with Crippen molar-refractivity contribution in [1.29, 1.82) is 0 Å². The van der Waals surface area contributed by atoms with Gasteiger partial charge in [-0.3, -0.25) is 4.79 Å². The van der Waals surface area contributed by atoms with Crippen LogP contribution < -0.4 is 14.8 Å². The van der Waals surface area contributed by atoms with E-state index in [1.807, 2.05) is 6.92 Å². The molecule has 0 atom stereocenters. The summed E-state index contributed by atoms with van der Waals surface area (Å²) in [4.78, 5) is 12.0. The van der Waals surface area contributed by atoms with Gasteiger partial charge in [-0.2, -0.15) is 0 Å². The zero-order valence-corrected chi connectivity index (χ0v) is 11.7. The first-order chi connectivity index (χ1) is 9.76. The van der Waals surface area contributed by atoms with Crippen LogP contribution in [0.2, 0.25) is 0 Å². The number of carbonyl (C=O) groups excluding carboxylic acids is 1. The van der Waals surface area contributed by atoms with Crippen LogP contribution in [0.1, 0.15) is 27.3 Å². The summed E-state index contributed by atoms with van der Waals surface area (Å²) in [6.07, 6.45) is 0.855. The summed E-state index contributed by atoms with van der Waals surface area (Å²) in [6.45, 7) is 2.60. The predicted octanol–water partition coefficient (Wildman–Crippen LogP) is 1.76. The summed E-state index contributed by atoms with van der Waals surface area (Å²) < 4.78 is 10.5. The van der Waals surface area contributed by atoms with E-state index < -0.39 is 0 Å². The second kappa shape index (κ2) is 5.46. The molecule has 1 aliphatic heterocycles. The van der Waals surface area contributed by atoms with E-state index in [-0.39, 0.29) is 12.7 Å². The lowest BCUT2D eigenvalue weighted by atomic mass is 10.2. The first kappa shape index (κ1) is 12.9. The monoisotopic (exact) mass is 291 g/mol. The number of carbonyl (C=O) groups is 1. The molecule has 0 radical (unpaired) electrons. The molecule has 0 bridgehead atoms. The van der Waals surface area contributed by atoms with Gasteiger partial charge in [-0.05, 0) is 24.6 Å². The van der Waals surface area contributed by atoms with Gasteiger partial charge in [0.2, 0.25) is 6.79 Å². The van der Waals surface area contributed by atoms with Gasteiger partial charge < -0.3 is 14.8 Å². The summed E-state index contributed by atoms with van der Waals surface area (Å²) in [5.74, 6) is 1.09. The molecule has 1 N–H and O–H groups in total. The second-order valence-electron chi connectivity index (χ2n) is 4.19. The molecule has 3 rings (SSSR count). The molecule has 104 valence electrons. The van der Waals surface area contributed by atoms with Crippen molar-refractivity contribution in [3.63, 3.8) is 0 Å². The number of hydrogen-bond donors (Lipinski definition) is 1. The fourth-order valence-corrected chi connectivity index (χ4v) is 2.52. The highest BCUT2D eigenvalue weighted by Crippen LogP contribution is 2.32. The second-order valence-corrected chi connectivity index (χ2v) is 5.34. The van der Waals surface area contributed by atoms with Gasteiger partial charge in [0.05, 0.1) is 6.54 Å². The van der Waals surface area contributed by atoms with Gasteiger partial charge >= 0.3 is 0 Å². The highest BCUT2D eigenvalue weighted by Gasteiger charge is 2.16. The minimum Gasteiger partial charge on any atom is -0.454 e. The number of rotatable bonds is 4. The molecular formula is C13H13N3O3S. The smallest absolute Gasteiger partial charge is 0.251 e. The van der Waals surface area contributed by atoms with Crippen LogP contribution in [0.15, 0.2) is 18.2 Å². The van der Waals surface area contributed by atoms with Crippen molar-refractivity contribution >= 4 is 17.2 Å². The van der Waals surface area contributed by atoms with E-state index in [9.17, 15) is 4.79 Å². The number of nitrogens with one attached hydrogen (secondary N) is 1. The Labute approximate surface area is 119 Å². The van der Waals surface area contributed by atoms with Crippen molar-refractivity contribution < 1.29 is 14.3 Å². The molecule has 7 heteroatoms. The maximum absolute atomic E-state index is 12.0. The fraction of sp³-hybridized carbons (Fsp3) is 0.308. The molecule has 0 saturated carbocycles. The Morgan fingerprint density at radius 1 is 1.30 bits per heavy atom. The van der Waals surface area contributed by atoms with Crippen LogP contribution in [-0.2, 0) is 13.0 Å². The van der Waals surface area contributed by atoms with Gasteiger partial charge in [-0.25, -0.2) is 0 Å². The number of ether oxygens (including phenoxy) is 2. The van der Waals surface area contributed by atoms with E-state index in [2.05, 4.69) is 15.5 Å². The lowest BCUT2D eigenvalue weighted by Crippen LogP contribution is -2.22. The predicted molar refractivity (Wildman–Crippen MR) is 73.0 cm³/mol. The van der Waals surface area contributed by atoms with Crippen molar-refractivity contribution in [1.82, 2.24) is 15.5 Å². The summed E-state index contributed by atoms with van der Waals surface area (Å²) in [5.41, 5.74) is 0.537. The van der Waals surface area contributed by atoms with E-state index in [1.54, 1.807) is 18.2 Å². The Balaban J connectivity index is 1.64. The number of benzene rings is 1. The van der Waals surface area contributed by atoms with Crippen LogP contribution >= 0.6 is 11.3 Å². The van der Waals surface area contributed by atoms with Gasteiger partial charge in [0, 0.05) is 5.56 Å². The normalized spacial score (nSPS) is 12.4. The molecule has 2 aromatic rings. The maximum Gasteiger partial charge on any atom is 0.251 e. The van der Waals surface area contributed by atoms with Gasteiger partial charge in [-0.15, -0.1) is 10.2 Å². The van der Waals surface area contributed by atoms with Gasteiger partial charge in [0.1, 0.15) is 10.0 Å². The van der Waals surface area contributed by atoms with Crippen LogP contribution in [0.5, 0.6) is 11.5 Å². The average Bonchev–Trinajstić information content (AvgIpc) is 3.12. The maximum atomic E-state index is 12.0. The number of hydrogen-bond acceptors (Lipinski definition) is 6. The summed E-state index contributed by atoms with van der Waals surface area (Å²) in [7, 11) is 0. The van der Waals surface area contributed by atoms with Crippen LogP contribution in [0.3, 0.4) is 0 Å². The molecule has 0 unspecified atom stereocenters. The zero-order valence-electron chi connectivity index (χ0n) is 10.9. The van der Waals surface area contributed by atoms with Gasteiger partial charge in [-0.1, -0.05) is 18.3 Å². The largest absolute Gasteiger partial charge is 0.454 e. The Bertz CT molecular complexity index is 642. The molecule has 20 heavy (non-hydrogen) atoms. The Morgan fingerprint density at radius 3 is 2.90 bits per heavy atom. The molecule has 6 nitrogen and oxygen atoms in total. The highest BCUT2D eigenvalue weighted by atomic mass is 32.1. The SMILES string of the molecule is CCc1nnc(CNC(=O)c2ccc3c(c2)OCO3)s1. The zero-order chi connectivity index (χ0) is 13.9. The molecule has 1 aromatic heterocycles. The molecule has 0 saturated heterocycles. The van der Waals surface area contributed by atoms with Crippen molar-refractivity contribution in [2.75, 3.05) is 6.79 Å². The van der Waals surface area contributed by atoms with Crippen LogP contribution in [0.4, 0.5) is 0 Å². The fourth-order valence-electron chi connectivity index (χ4n) is 1.80. The molecule has 1 aliphatic rings. The lowest BCUT2D eigenvalue weighted by Gasteiger charge is -2.03. The molecule has 0 aliphatic carbocycles. The molecule has 1 aromatic carbocycles. The first-order valence-corrected chi connectivity index (χ1v) is 7.07. The van der Waals surface area contributed by atoms with Crippen molar-refractivity contribution in [2.24, 2.45) is 0 Å². The van der Waals surface area contributed by atoms with Gasteiger partial charge in [0.25, 0.3) is 5.91 Å². The lowest BCUT2D eigenvalue weighted by molar-refractivity contribution is 0.0950. The molecule has 0 fully saturated rings. The third-order valence-corrected chi connectivity index (χ3v) is 3.91. The third-order valence-electron chi connectivity index (χ3n) is 2.85. The Hall–Kier alpha value is -2.15. The third kappa shape index (κ3) is 2.57. The first-order valence-electron chi connectivity index (χ1n) is 6.25. The van der Waals surface area contributed by atoms with Crippen molar-refractivity contribution in [2.45, 2.75) is 19.9 Å². The molecular weight excluding hydrogens is 278 g/mol. The van der Waals surface area contributed by atoms with Crippen LogP contribution in [-0.4, -0.2) is 22.9 Å². The van der Waals surface area contributed by atoms with Gasteiger partial charge in [0.15, 0.2) is 11.5 Å². The summed E-state index contributed by atoms with van der Waals surface area (Å²) in [6, 6.07) is 5.12. The number of aryl methyl sites for hydroxylation is 1. The highest BCUT2D eigenvalue weighted by molar-refractivity contribution is 7.11. The van der Waals surface area contributed by atoms with E-state index in [1.165, 1.54) is 11.3 Å². The number of fused-ring (bicyclic) bond motifs is 1.